The average molecular weight is 480 g/mol. The first-order chi connectivity index (χ1) is 15.4. The van der Waals surface area contributed by atoms with Gasteiger partial charge >= 0.3 is 6.11 Å². The topological polar surface area (TPSA) is 76.4 Å². The van der Waals surface area contributed by atoms with Crippen LogP contribution in [0.15, 0.2) is 54.0 Å². The van der Waals surface area contributed by atoms with Gasteiger partial charge in [-0.2, -0.15) is 14.0 Å². The maximum atomic E-state index is 13.5. The van der Waals surface area contributed by atoms with Gasteiger partial charge in [-0.05, 0) is 30.3 Å². The molecule has 1 aliphatic rings. The lowest BCUT2D eigenvalue weighted by Crippen LogP contribution is -2.33. The summed E-state index contributed by atoms with van der Waals surface area (Å²) in [6, 6.07) is 13.0. The average Bonchev–Trinajstić information content (AvgIpc) is 3.44. The van der Waals surface area contributed by atoms with Gasteiger partial charge in [0, 0.05) is 17.1 Å². The first-order valence-corrected chi connectivity index (χ1v) is 10.4. The highest BCUT2D eigenvalue weighted by molar-refractivity contribution is 7.11. The van der Waals surface area contributed by atoms with Crippen molar-refractivity contribution in [2.45, 2.75) is 11.7 Å². The fourth-order valence-electron chi connectivity index (χ4n) is 2.74. The number of hydrogen-bond acceptors (Lipinski definition) is 7. The Morgan fingerprint density at radius 3 is 2.84 bits per heavy atom. The van der Waals surface area contributed by atoms with Crippen LogP contribution in [0.2, 0.25) is 0 Å². The van der Waals surface area contributed by atoms with Gasteiger partial charge in [0.25, 0.3) is 5.63 Å². The number of para-hydroxylation sites is 2. The van der Waals surface area contributed by atoms with Crippen molar-refractivity contribution >= 4 is 34.2 Å². The molecule has 0 aliphatic carbocycles. The SMILES string of the molecule is N#CC(=CNc1ccccc1OC(F)(F)C(F)Cl)c1nc(-c2ccc3c(c2)OCO3)cs1. The Bertz CT molecular complexity index is 1210. The Morgan fingerprint density at radius 2 is 2.06 bits per heavy atom. The van der Waals surface area contributed by atoms with E-state index in [9.17, 15) is 18.4 Å². The van der Waals surface area contributed by atoms with E-state index in [4.69, 9.17) is 21.1 Å². The van der Waals surface area contributed by atoms with Crippen molar-refractivity contribution < 1.29 is 27.4 Å². The zero-order valence-corrected chi connectivity index (χ0v) is 17.6. The van der Waals surface area contributed by atoms with Crippen LogP contribution in [0.5, 0.6) is 17.2 Å². The van der Waals surface area contributed by atoms with Crippen LogP contribution in [0.1, 0.15) is 5.01 Å². The Kier molecular flexibility index (Phi) is 6.12. The highest BCUT2D eigenvalue weighted by Gasteiger charge is 2.42. The molecule has 4 rings (SSSR count). The number of aromatic nitrogens is 1. The number of thiazole rings is 1. The maximum absolute atomic E-state index is 13.5. The number of rotatable bonds is 7. The Hall–Kier alpha value is -3.42. The molecule has 1 N–H and O–H groups in total. The van der Waals surface area contributed by atoms with Crippen molar-refractivity contribution in [2.24, 2.45) is 0 Å². The van der Waals surface area contributed by atoms with Gasteiger partial charge in [-0.15, -0.1) is 11.3 Å². The maximum Gasteiger partial charge on any atom is 0.444 e. The summed E-state index contributed by atoms with van der Waals surface area (Å²) in [5, 5.41) is 14.5. The van der Waals surface area contributed by atoms with Crippen LogP contribution in [-0.2, 0) is 0 Å². The van der Waals surface area contributed by atoms with E-state index < -0.39 is 11.7 Å². The molecule has 1 aromatic heterocycles. The van der Waals surface area contributed by atoms with E-state index >= 15 is 0 Å². The van der Waals surface area contributed by atoms with Crippen molar-refractivity contribution in [1.29, 1.82) is 5.26 Å². The minimum Gasteiger partial charge on any atom is -0.454 e. The van der Waals surface area contributed by atoms with Crippen molar-refractivity contribution in [3.63, 3.8) is 0 Å². The molecule has 0 bridgehead atoms. The Morgan fingerprint density at radius 1 is 1.28 bits per heavy atom. The van der Waals surface area contributed by atoms with Crippen LogP contribution in [0.4, 0.5) is 18.9 Å². The van der Waals surface area contributed by atoms with Crippen LogP contribution in [0.25, 0.3) is 16.8 Å². The standard InChI is InChI=1S/C21H13ClF3N3O3S/c22-20(23)21(24,25)31-16-4-2-1-3-14(16)27-9-13(8-26)19-28-15(10-32-19)12-5-6-17-18(7-12)30-11-29-17/h1-7,9-10,20,27H,11H2. The quantitative estimate of drug-likeness (QED) is 0.330. The molecule has 2 aromatic carbocycles. The molecule has 0 saturated carbocycles. The summed E-state index contributed by atoms with van der Waals surface area (Å²) in [5.41, 5.74) is -1.37. The zero-order valence-electron chi connectivity index (χ0n) is 16.0. The highest BCUT2D eigenvalue weighted by Crippen LogP contribution is 2.37. The molecule has 0 fully saturated rings. The van der Waals surface area contributed by atoms with Gasteiger partial charge in [0.15, 0.2) is 11.5 Å². The van der Waals surface area contributed by atoms with E-state index in [2.05, 4.69) is 15.0 Å². The van der Waals surface area contributed by atoms with Crippen molar-refractivity contribution in [1.82, 2.24) is 4.98 Å². The molecule has 1 aliphatic heterocycles. The number of nitrogens with zero attached hydrogens (tertiary/aromatic N) is 2. The van der Waals surface area contributed by atoms with Gasteiger partial charge in [0.1, 0.15) is 22.4 Å². The van der Waals surface area contributed by atoms with E-state index in [0.29, 0.717) is 22.2 Å². The number of hydrogen-bond donors (Lipinski definition) is 1. The van der Waals surface area contributed by atoms with Gasteiger partial charge in [-0.25, -0.2) is 9.37 Å². The second-order valence-corrected chi connectivity index (χ2v) is 7.62. The first-order valence-electron chi connectivity index (χ1n) is 9.04. The molecule has 11 heteroatoms. The third-order valence-electron chi connectivity index (χ3n) is 4.28. The van der Waals surface area contributed by atoms with Crippen molar-refractivity contribution in [2.75, 3.05) is 12.1 Å². The van der Waals surface area contributed by atoms with Crippen molar-refractivity contribution in [3.05, 3.63) is 59.1 Å². The fourth-order valence-corrected chi connectivity index (χ4v) is 3.58. The number of ether oxygens (including phenoxy) is 3. The summed E-state index contributed by atoms with van der Waals surface area (Å²) in [6.07, 6.45) is -2.92. The molecule has 1 atom stereocenters. The Labute approximate surface area is 189 Å². The van der Waals surface area contributed by atoms with E-state index in [0.717, 1.165) is 5.56 Å². The molecule has 0 spiro atoms. The molecule has 3 aromatic rings. The first kappa shape index (κ1) is 21.8. The number of alkyl halides is 4. The number of nitriles is 1. The number of allylic oxidation sites excluding steroid dienone is 1. The fraction of sp³-hybridized carbons (Fsp3) is 0.143. The molecule has 2 heterocycles. The van der Waals surface area contributed by atoms with Gasteiger partial charge < -0.3 is 19.5 Å². The zero-order chi connectivity index (χ0) is 22.7. The van der Waals surface area contributed by atoms with Crippen LogP contribution >= 0.6 is 22.9 Å². The summed E-state index contributed by atoms with van der Waals surface area (Å²) >= 11 is 6.08. The number of halogens is 4. The number of anilines is 1. The molecule has 6 nitrogen and oxygen atoms in total. The highest BCUT2D eigenvalue weighted by atomic mass is 35.5. The predicted octanol–water partition coefficient (Wildman–Crippen LogP) is 6.02. The summed E-state index contributed by atoms with van der Waals surface area (Å²) < 4.78 is 55.0. The minimum atomic E-state index is -4.23. The summed E-state index contributed by atoms with van der Waals surface area (Å²) in [5.74, 6) is 0.913. The van der Waals surface area contributed by atoms with Crippen LogP contribution in [0.3, 0.4) is 0 Å². The van der Waals surface area contributed by atoms with Crippen molar-refractivity contribution in [3.8, 4) is 34.6 Å². The van der Waals surface area contributed by atoms with Crippen LogP contribution in [-0.4, -0.2) is 23.5 Å². The second-order valence-electron chi connectivity index (χ2n) is 6.38. The minimum absolute atomic E-state index is 0.0878. The van der Waals surface area contributed by atoms with E-state index in [-0.39, 0.29) is 23.8 Å². The molecule has 32 heavy (non-hydrogen) atoms. The van der Waals surface area contributed by atoms with Gasteiger partial charge in [0.2, 0.25) is 6.79 Å². The second kappa shape index (κ2) is 8.98. The van der Waals surface area contributed by atoms with E-state index in [1.807, 2.05) is 12.1 Å². The van der Waals surface area contributed by atoms with E-state index in [1.165, 1.54) is 35.7 Å². The lowest BCUT2D eigenvalue weighted by atomic mass is 10.1. The van der Waals surface area contributed by atoms with E-state index in [1.54, 1.807) is 23.6 Å². The molecule has 0 radical (unpaired) electrons. The summed E-state index contributed by atoms with van der Waals surface area (Å²) in [4.78, 5) is 4.47. The molecule has 164 valence electrons. The smallest absolute Gasteiger partial charge is 0.444 e. The van der Waals surface area contributed by atoms with Gasteiger partial charge in [0.05, 0.1) is 11.4 Å². The van der Waals surface area contributed by atoms with Crippen LogP contribution in [0, 0.1) is 11.3 Å². The molecular weight excluding hydrogens is 467 g/mol. The number of benzene rings is 2. The molecular formula is C21H13ClF3N3O3S. The molecule has 1 unspecified atom stereocenters. The summed E-state index contributed by atoms with van der Waals surface area (Å²) in [6.45, 7) is 0.155. The normalized spacial score (nSPS) is 14.0. The lowest BCUT2D eigenvalue weighted by molar-refractivity contribution is -0.198. The van der Waals surface area contributed by atoms with Gasteiger partial charge in [-0.3, -0.25) is 0 Å². The Balaban J connectivity index is 1.55. The van der Waals surface area contributed by atoms with Crippen LogP contribution < -0.4 is 19.5 Å². The third-order valence-corrected chi connectivity index (χ3v) is 5.41. The lowest BCUT2D eigenvalue weighted by Gasteiger charge is -2.19. The monoisotopic (exact) mass is 479 g/mol. The van der Waals surface area contributed by atoms with Gasteiger partial charge in [-0.1, -0.05) is 23.7 Å². The number of nitrogens with one attached hydrogen (secondary N) is 1. The number of fused-ring (bicyclic) bond motifs is 1. The predicted molar refractivity (Wildman–Crippen MR) is 114 cm³/mol. The molecule has 0 saturated heterocycles. The largest absolute Gasteiger partial charge is 0.454 e. The summed E-state index contributed by atoms with van der Waals surface area (Å²) in [7, 11) is 0. The molecule has 0 amide bonds. The third kappa shape index (κ3) is 4.59.